The largest absolute Gasteiger partial charge is 0.494 e. The fourth-order valence-electron chi connectivity index (χ4n) is 3.51. The van der Waals surface area contributed by atoms with Crippen molar-refractivity contribution in [1.82, 2.24) is 25.4 Å². The number of nitrogens with zero attached hydrogens (tertiary/aromatic N) is 4. The summed E-state index contributed by atoms with van der Waals surface area (Å²) >= 11 is 0. The summed E-state index contributed by atoms with van der Waals surface area (Å²) in [5.41, 5.74) is 1.24. The van der Waals surface area contributed by atoms with E-state index in [-0.39, 0.29) is 0 Å². The highest BCUT2D eigenvalue weighted by atomic mass is 16.5. The number of ether oxygens (including phenoxy) is 1. The second kappa shape index (κ2) is 11.0. The molecule has 0 aliphatic carbocycles. The molecule has 1 aliphatic heterocycles. The molecule has 0 fully saturated rings. The van der Waals surface area contributed by atoms with Gasteiger partial charge in [0.1, 0.15) is 11.6 Å². The van der Waals surface area contributed by atoms with Crippen molar-refractivity contribution in [3.63, 3.8) is 0 Å². The molecule has 2 aromatic rings. The molecule has 2 N–H and O–H groups in total. The summed E-state index contributed by atoms with van der Waals surface area (Å²) in [4.78, 5) is 9.47. The Labute approximate surface area is 180 Å². The quantitative estimate of drug-likeness (QED) is 0.488. The number of hydrogen-bond donors (Lipinski definition) is 2. The molecule has 3 rings (SSSR count). The summed E-state index contributed by atoms with van der Waals surface area (Å²) in [5, 5.41) is 11.6. The predicted octanol–water partition coefficient (Wildman–Crippen LogP) is 3.30. The molecule has 164 valence electrons. The van der Waals surface area contributed by atoms with Crippen LogP contribution < -0.4 is 15.4 Å². The maximum Gasteiger partial charge on any atom is 0.191 e. The van der Waals surface area contributed by atoms with E-state index in [4.69, 9.17) is 9.73 Å². The highest BCUT2D eigenvalue weighted by molar-refractivity contribution is 5.80. The number of nitrogens with one attached hydrogen (secondary N) is 2. The molecule has 0 amide bonds. The molecule has 0 radical (unpaired) electrons. The van der Waals surface area contributed by atoms with E-state index in [0.29, 0.717) is 12.0 Å². The summed E-state index contributed by atoms with van der Waals surface area (Å²) in [6, 6.07) is 8.62. The third kappa shape index (κ3) is 6.21. The Hall–Kier alpha value is -2.57. The first-order valence-electron chi connectivity index (χ1n) is 11.3. The van der Waals surface area contributed by atoms with Crippen LogP contribution in [0.4, 0.5) is 0 Å². The van der Waals surface area contributed by atoms with Crippen LogP contribution in [-0.4, -0.2) is 46.5 Å². The van der Waals surface area contributed by atoms with Gasteiger partial charge in [-0.15, -0.1) is 0 Å². The van der Waals surface area contributed by atoms with Crippen LogP contribution in [0.15, 0.2) is 29.3 Å². The van der Waals surface area contributed by atoms with Crippen molar-refractivity contribution in [3.05, 3.63) is 41.5 Å². The molecular weight excluding hydrogens is 376 g/mol. The van der Waals surface area contributed by atoms with Gasteiger partial charge in [0.2, 0.25) is 0 Å². The Morgan fingerprint density at radius 2 is 2.20 bits per heavy atom. The van der Waals surface area contributed by atoms with Gasteiger partial charge in [0.25, 0.3) is 0 Å². The van der Waals surface area contributed by atoms with E-state index in [9.17, 15) is 0 Å². The summed E-state index contributed by atoms with van der Waals surface area (Å²) in [6.07, 6.45) is 3.89. The van der Waals surface area contributed by atoms with Gasteiger partial charge in [-0.05, 0) is 43.9 Å². The van der Waals surface area contributed by atoms with Crippen LogP contribution >= 0.6 is 0 Å². The molecule has 1 aromatic heterocycles. The Balaban J connectivity index is 1.56. The third-order valence-electron chi connectivity index (χ3n) is 5.12. The molecule has 1 aromatic carbocycles. The van der Waals surface area contributed by atoms with Crippen LogP contribution in [0.25, 0.3) is 0 Å². The minimum atomic E-state index is 0.308. The van der Waals surface area contributed by atoms with E-state index in [1.807, 2.05) is 6.07 Å². The van der Waals surface area contributed by atoms with E-state index < -0.39 is 0 Å². The fourth-order valence-corrected chi connectivity index (χ4v) is 3.51. The minimum Gasteiger partial charge on any atom is -0.494 e. The summed E-state index contributed by atoms with van der Waals surface area (Å²) in [5.74, 6) is 4.21. The average molecular weight is 413 g/mol. The lowest BCUT2D eigenvalue weighted by Gasteiger charge is -2.25. The van der Waals surface area contributed by atoms with E-state index in [0.717, 1.165) is 75.3 Å². The van der Waals surface area contributed by atoms with Crippen molar-refractivity contribution in [2.24, 2.45) is 4.99 Å². The number of aromatic nitrogens is 3. The first-order chi connectivity index (χ1) is 14.6. The van der Waals surface area contributed by atoms with Crippen molar-refractivity contribution in [2.75, 3.05) is 19.7 Å². The van der Waals surface area contributed by atoms with Gasteiger partial charge < -0.3 is 15.4 Å². The molecule has 0 saturated carbocycles. The summed E-state index contributed by atoms with van der Waals surface area (Å²) < 4.78 is 7.79. The molecule has 2 heterocycles. The van der Waals surface area contributed by atoms with E-state index in [1.54, 1.807) is 0 Å². The number of fused-ring (bicyclic) bond motifs is 1. The van der Waals surface area contributed by atoms with Crippen molar-refractivity contribution >= 4 is 5.96 Å². The monoisotopic (exact) mass is 412 g/mol. The van der Waals surface area contributed by atoms with Gasteiger partial charge in [-0.3, -0.25) is 4.99 Å². The van der Waals surface area contributed by atoms with Gasteiger partial charge in [-0.25, -0.2) is 9.67 Å². The molecular formula is C23H36N6O. The number of hydrogen-bond acceptors (Lipinski definition) is 4. The van der Waals surface area contributed by atoms with Gasteiger partial charge in [0.05, 0.1) is 13.2 Å². The zero-order valence-electron chi connectivity index (χ0n) is 18.8. The maximum absolute atomic E-state index is 5.73. The predicted molar refractivity (Wildman–Crippen MR) is 121 cm³/mol. The van der Waals surface area contributed by atoms with Gasteiger partial charge in [0.15, 0.2) is 11.8 Å². The summed E-state index contributed by atoms with van der Waals surface area (Å²) in [7, 11) is 0. The molecule has 7 nitrogen and oxygen atoms in total. The van der Waals surface area contributed by atoms with Crippen molar-refractivity contribution in [3.8, 4) is 5.75 Å². The molecule has 0 spiro atoms. The number of aryl methyl sites for hydroxylation is 1. The Morgan fingerprint density at radius 1 is 1.33 bits per heavy atom. The first kappa shape index (κ1) is 22.1. The number of aliphatic imine (C=N–C) groups is 1. The smallest absolute Gasteiger partial charge is 0.191 e. The van der Waals surface area contributed by atoms with Gasteiger partial charge in [0, 0.05) is 31.5 Å². The topological polar surface area (TPSA) is 76.4 Å². The van der Waals surface area contributed by atoms with Crippen LogP contribution in [-0.2, 0) is 19.4 Å². The Bertz CT molecular complexity index is 829. The summed E-state index contributed by atoms with van der Waals surface area (Å²) in [6.45, 7) is 11.6. The van der Waals surface area contributed by atoms with E-state index in [1.165, 1.54) is 5.56 Å². The van der Waals surface area contributed by atoms with Crippen LogP contribution in [0, 0.1) is 0 Å². The Morgan fingerprint density at radius 3 is 2.97 bits per heavy atom. The molecule has 30 heavy (non-hydrogen) atoms. The van der Waals surface area contributed by atoms with Gasteiger partial charge in [-0.2, -0.15) is 5.10 Å². The third-order valence-corrected chi connectivity index (χ3v) is 5.12. The van der Waals surface area contributed by atoms with Crippen LogP contribution in [0.2, 0.25) is 0 Å². The normalized spacial score (nSPS) is 16.4. The van der Waals surface area contributed by atoms with Crippen molar-refractivity contribution in [1.29, 1.82) is 0 Å². The minimum absolute atomic E-state index is 0.308. The average Bonchev–Trinajstić information content (AvgIpc) is 3.16. The van der Waals surface area contributed by atoms with Gasteiger partial charge in [-0.1, -0.05) is 32.9 Å². The van der Waals surface area contributed by atoms with Gasteiger partial charge >= 0.3 is 0 Å². The molecule has 1 aliphatic rings. The Kier molecular flexibility index (Phi) is 8.11. The number of guanidine groups is 1. The zero-order chi connectivity index (χ0) is 21.3. The molecule has 0 bridgehead atoms. The molecule has 1 atom stereocenters. The lowest BCUT2D eigenvalue weighted by molar-refractivity contribution is 0.317. The van der Waals surface area contributed by atoms with E-state index in [2.05, 4.69) is 71.3 Å². The fraction of sp³-hybridized carbons (Fsp3) is 0.609. The lowest BCUT2D eigenvalue weighted by atomic mass is 10.1. The first-order valence-corrected chi connectivity index (χ1v) is 11.3. The lowest BCUT2D eigenvalue weighted by Crippen LogP contribution is -2.47. The zero-order valence-corrected chi connectivity index (χ0v) is 18.8. The standard InChI is InChI=1S/C23H36N6O/c1-5-14-30-20-9-7-8-18(15-20)12-13-25-23(24-6-2)26-19-10-11-21-27-22(17(3)4)28-29(21)16-19/h7-9,15,17,19H,5-6,10-14,16H2,1-4H3,(H2,24,25,26). The highest BCUT2D eigenvalue weighted by Crippen LogP contribution is 2.17. The SMILES string of the molecule is CCCOc1cccc(CCN=C(NCC)NC2CCc3nc(C(C)C)nn3C2)c1. The molecule has 1 unspecified atom stereocenters. The number of benzene rings is 1. The van der Waals surface area contributed by atoms with Crippen LogP contribution in [0.5, 0.6) is 5.75 Å². The highest BCUT2D eigenvalue weighted by Gasteiger charge is 2.23. The molecule has 0 saturated heterocycles. The van der Waals surface area contributed by atoms with Crippen molar-refractivity contribution < 1.29 is 4.74 Å². The molecule has 7 heteroatoms. The number of rotatable bonds is 9. The maximum atomic E-state index is 5.73. The van der Waals surface area contributed by atoms with Crippen LogP contribution in [0.1, 0.15) is 63.7 Å². The van der Waals surface area contributed by atoms with E-state index >= 15 is 0 Å². The van der Waals surface area contributed by atoms with Crippen LogP contribution in [0.3, 0.4) is 0 Å². The second-order valence-corrected chi connectivity index (χ2v) is 8.11. The second-order valence-electron chi connectivity index (χ2n) is 8.11. The van der Waals surface area contributed by atoms with Crippen molar-refractivity contribution in [2.45, 2.75) is 71.9 Å².